The lowest BCUT2D eigenvalue weighted by Gasteiger charge is -2.02. The summed E-state index contributed by atoms with van der Waals surface area (Å²) in [5, 5.41) is 3.69. The number of nitrogens with two attached hydrogens (primary N) is 1. The van der Waals surface area contributed by atoms with Gasteiger partial charge < -0.3 is 15.0 Å². The smallest absolute Gasteiger partial charge is 0.243 e. The highest BCUT2D eigenvalue weighted by Crippen LogP contribution is 2.14. The minimum atomic E-state index is -0.355. The Morgan fingerprint density at radius 2 is 2.28 bits per heavy atom. The molecule has 2 aromatic rings. The molecule has 98 valence electrons. The van der Waals surface area contributed by atoms with E-state index in [4.69, 9.17) is 15.0 Å². The van der Waals surface area contributed by atoms with Gasteiger partial charge in [-0.1, -0.05) is 11.2 Å². The van der Waals surface area contributed by atoms with Gasteiger partial charge in [0.05, 0.1) is 6.04 Å². The molecular weight excluding hydrogens is 261 g/mol. The first-order valence-corrected chi connectivity index (χ1v) is 5.11. The van der Waals surface area contributed by atoms with Crippen molar-refractivity contribution in [3.8, 4) is 5.75 Å². The Balaban J connectivity index is 0.00000162. The molecule has 1 heterocycles. The molecule has 0 aliphatic rings. The molecule has 18 heavy (non-hydrogen) atoms. The van der Waals surface area contributed by atoms with Gasteiger partial charge in [0.1, 0.15) is 11.6 Å². The largest absolute Gasteiger partial charge is 0.485 e. The third-order valence-electron chi connectivity index (χ3n) is 2.04. The van der Waals surface area contributed by atoms with Crippen LogP contribution in [0.15, 0.2) is 28.8 Å². The molecule has 5 nitrogen and oxygen atoms in total. The first kappa shape index (κ1) is 14.4. The first-order valence-electron chi connectivity index (χ1n) is 5.11. The molecule has 1 unspecified atom stereocenters. The molecule has 0 radical (unpaired) electrons. The number of nitrogens with zero attached hydrogens (tertiary/aromatic N) is 2. The third-order valence-corrected chi connectivity index (χ3v) is 2.04. The monoisotopic (exact) mass is 273 g/mol. The van der Waals surface area contributed by atoms with Crippen molar-refractivity contribution < 1.29 is 13.7 Å². The van der Waals surface area contributed by atoms with E-state index in [1.807, 2.05) is 0 Å². The normalized spacial score (nSPS) is 11.7. The maximum atomic E-state index is 12.9. The fraction of sp³-hybridized carbons (Fsp3) is 0.273. The topological polar surface area (TPSA) is 74.2 Å². The first-order chi connectivity index (χ1) is 8.15. The highest BCUT2D eigenvalue weighted by atomic mass is 35.5. The minimum absolute atomic E-state index is 0. The maximum absolute atomic E-state index is 12.9. The summed E-state index contributed by atoms with van der Waals surface area (Å²) in [6.45, 7) is 1.85. The molecule has 0 saturated carbocycles. The molecule has 1 aromatic carbocycles. The molecule has 0 fully saturated rings. The van der Waals surface area contributed by atoms with Crippen molar-refractivity contribution >= 4 is 12.4 Å². The number of benzene rings is 1. The van der Waals surface area contributed by atoms with Crippen LogP contribution in [0, 0.1) is 5.82 Å². The van der Waals surface area contributed by atoms with Gasteiger partial charge >= 0.3 is 0 Å². The van der Waals surface area contributed by atoms with E-state index < -0.39 is 0 Å². The summed E-state index contributed by atoms with van der Waals surface area (Å²) in [6, 6.07) is 5.52. The third kappa shape index (κ3) is 3.68. The minimum Gasteiger partial charge on any atom is -0.485 e. The number of aromatic nitrogens is 2. The summed E-state index contributed by atoms with van der Waals surface area (Å²) in [4.78, 5) is 4.03. The Kier molecular flexibility index (Phi) is 5.06. The van der Waals surface area contributed by atoms with Crippen LogP contribution in [0.25, 0.3) is 0 Å². The van der Waals surface area contributed by atoms with E-state index in [9.17, 15) is 4.39 Å². The fourth-order valence-corrected chi connectivity index (χ4v) is 1.22. The quantitative estimate of drug-likeness (QED) is 0.925. The molecule has 7 heteroatoms. The fourth-order valence-electron chi connectivity index (χ4n) is 1.22. The standard InChI is InChI=1S/C11H12FN3O2.ClH/c1-7(13)11-14-10(15-17-11)6-16-9-4-2-3-8(12)5-9;/h2-5,7H,6,13H2,1H3;1H. The molecule has 0 amide bonds. The second kappa shape index (κ2) is 6.32. The van der Waals surface area contributed by atoms with E-state index in [0.29, 0.717) is 17.5 Å². The van der Waals surface area contributed by atoms with Gasteiger partial charge in [-0.25, -0.2) is 4.39 Å². The van der Waals surface area contributed by atoms with Gasteiger partial charge in [0.25, 0.3) is 0 Å². The highest BCUT2D eigenvalue weighted by molar-refractivity contribution is 5.85. The van der Waals surface area contributed by atoms with Crippen LogP contribution in [0.2, 0.25) is 0 Å². The Morgan fingerprint density at radius 3 is 2.89 bits per heavy atom. The lowest BCUT2D eigenvalue weighted by atomic mass is 10.3. The zero-order valence-corrected chi connectivity index (χ0v) is 10.5. The lowest BCUT2D eigenvalue weighted by Crippen LogP contribution is -2.05. The van der Waals surface area contributed by atoms with Gasteiger partial charge in [0.15, 0.2) is 6.61 Å². The Morgan fingerprint density at radius 1 is 1.50 bits per heavy atom. The summed E-state index contributed by atoms with van der Waals surface area (Å²) in [7, 11) is 0. The van der Waals surface area contributed by atoms with Crippen LogP contribution in [-0.2, 0) is 6.61 Å². The summed E-state index contributed by atoms with van der Waals surface area (Å²) >= 11 is 0. The number of ether oxygens (including phenoxy) is 1. The molecular formula is C11H13ClFN3O2. The van der Waals surface area contributed by atoms with Gasteiger partial charge in [-0.05, 0) is 19.1 Å². The molecule has 0 bridgehead atoms. The van der Waals surface area contributed by atoms with Crippen LogP contribution < -0.4 is 10.5 Å². The van der Waals surface area contributed by atoms with Crippen LogP contribution >= 0.6 is 12.4 Å². The summed E-state index contributed by atoms with van der Waals surface area (Å²) in [6.07, 6.45) is 0. The zero-order chi connectivity index (χ0) is 12.3. The van der Waals surface area contributed by atoms with Crippen LogP contribution in [0.1, 0.15) is 24.7 Å². The summed E-state index contributed by atoms with van der Waals surface area (Å²) in [5.41, 5.74) is 5.57. The van der Waals surface area contributed by atoms with Gasteiger partial charge in [-0.15, -0.1) is 12.4 Å². The van der Waals surface area contributed by atoms with E-state index >= 15 is 0 Å². The molecule has 2 N–H and O–H groups in total. The van der Waals surface area contributed by atoms with E-state index in [2.05, 4.69) is 10.1 Å². The Bertz CT molecular complexity index is 505. The SMILES string of the molecule is CC(N)c1nc(COc2cccc(F)c2)no1.Cl. The van der Waals surface area contributed by atoms with Gasteiger partial charge in [-0.3, -0.25) is 0 Å². The average molecular weight is 274 g/mol. The van der Waals surface area contributed by atoms with Crippen LogP contribution in [-0.4, -0.2) is 10.1 Å². The van der Waals surface area contributed by atoms with E-state index in [1.54, 1.807) is 19.1 Å². The second-order valence-corrected chi connectivity index (χ2v) is 3.58. The zero-order valence-electron chi connectivity index (χ0n) is 9.67. The van der Waals surface area contributed by atoms with Crippen molar-refractivity contribution in [1.29, 1.82) is 0 Å². The van der Waals surface area contributed by atoms with Gasteiger partial charge in [0.2, 0.25) is 11.7 Å². The number of hydrogen-bond acceptors (Lipinski definition) is 5. The van der Waals surface area contributed by atoms with Crippen molar-refractivity contribution in [2.24, 2.45) is 5.73 Å². The lowest BCUT2D eigenvalue weighted by molar-refractivity contribution is 0.283. The number of rotatable bonds is 4. The Hall–Kier alpha value is -1.66. The van der Waals surface area contributed by atoms with E-state index in [1.165, 1.54) is 12.1 Å². The molecule has 0 spiro atoms. The van der Waals surface area contributed by atoms with Crippen LogP contribution in [0.5, 0.6) is 5.75 Å². The van der Waals surface area contributed by atoms with E-state index in [-0.39, 0.29) is 30.9 Å². The van der Waals surface area contributed by atoms with Crippen molar-refractivity contribution in [2.45, 2.75) is 19.6 Å². The van der Waals surface area contributed by atoms with Gasteiger partial charge in [0, 0.05) is 6.07 Å². The molecule has 0 saturated heterocycles. The maximum Gasteiger partial charge on any atom is 0.243 e. The Labute approximate surface area is 110 Å². The molecule has 1 aromatic heterocycles. The van der Waals surface area contributed by atoms with Crippen molar-refractivity contribution in [2.75, 3.05) is 0 Å². The van der Waals surface area contributed by atoms with Crippen LogP contribution in [0.4, 0.5) is 4.39 Å². The van der Waals surface area contributed by atoms with Crippen LogP contribution in [0.3, 0.4) is 0 Å². The highest BCUT2D eigenvalue weighted by Gasteiger charge is 2.10. The predicted octanol–water partition coefficient (Wildman–Crippen LogP) is 2.23. The second-order valence-electron chi connectivity index (χ2n) is 3.58. The number of halogens is 2. The summed E-state index contributed by atoms with van der Waals surface area (Å²) in [5.74, 6) is 0.786. The molecule has 2 rings (SSSR count). The molecule has 0 aliphatic carbocycles. The molecule has 1 atom stereocenters. The average Bonchev–Trinajstić information content (AvgIpc) is 2.75. The summed E-state index contributed by atoms with van der Waals surface area (Å²) < 4.78 is 23.1. The van der Waals surface area contributed by atoms with Crippen molar-refractivity contribution in [3.05, 3.63) is 41.8 Å². The van der Waals surface area contributed by atoms with Crippen molar-refractivity contribution in [1.82, 2.24) is 10.1 Å². The van der Waals surface area contributed by atoms with E-state index in [0.717, 1.165) is 0 Å². The predicted molar refractivity (Wildman–Crippen MR) is 64.9 cm³/mol. The van der Waals surface area contributed by atoms with Gasteiger partial charge in [-0.2, -0.15) is 4.98 Å². The molecule has 0 aliphatic heterocycles. The van der Waals surface area contributed by atoms with Crippen molar-refractivity contribution in [3.63, 3.8) is 0 Å². The number of hydrogen-bond donors (Lipinski definition) is 1.